The molecule has 0 aliphatic carbocycles. The Kier molecular flexibility index (Phi) is 2.33. The van der Waals surface area contributed by atoms with Crippen LogP contribution >= 0.6 is 11.6 Å². The number of hydrogen-bond acceptors (Lipinski definition) is 5. The van der Waals surface area contributed by atoms with Crippen molar-refractivity contribution < 1.29 is 4.79 Å². The molecule has 1 aliphatic rings. The van der Waals surface area contributed by atoms with Crippen LogP contribution in [0.1, 0.15) is 16.1 Å². The molecule has 1 amide bonds. The summed E-state index contributed by atoms with van der Waals surface area (Å²) in [5.41, 5.74) is 19.1. The minimum Gasteiger partial charge on any atom is -0.396 e. The number of hydrogen-bond donors (Lipinski definition) is 4. The Bertz CT molecular complexity index is 816. The van der Waals surface area contributed by atoms with Crippen molar-refractivity contribution in [3.05, 3.63) is 22.3 Å². The van der Waals surface area contributed by atoms with E-state index in [9.17, 15) is 4.79 Å². The van der Waals surface area contributed by atoms with Crippen molar-refractivity contribution in [2.75, 3.05) is 23.4 Å². The van der Waals surface area contributed by atoms with Crippen LogP contribution in [-0.2, 0) is 0 Å². The third kappa shape index (κ3) is 1.32. The first-order chi connectivity index (χ1) is 9.34. The number of pyridine rings is 1. The first kappa shape index (κ1) is 12.5. The molecule has 1 aromatic heterocycles. The maximum Gasteiger partial charge on any atom is 0.267 e. The van der Waals surface area contributed by atoms with Crippen molar-refractivity contribution in [2.24, 2.45) is 5.73 Å². The third-order valence-electron chi connectivity index (χ3n) is 3.42. The summed E-state index contributed by atoms with van der Waals surface area (Å²) in [4.78, 5) is 17.1. The molecular formula is C12H11ClN6O. The van der Waals surface area contributed by atoms with Gasteiger partial charge in [-0.15, -0.1) is 0 Å². The van der Waals surface area contributed by atoms with Gasteiger partial charge in [0, 0.05) is 18.0 Å². The van der Waals surface area contributed by atoms with E-state index in [-0.39, 0.29) is 27.9 Å². The minimum absolute atomic E-state index is 0.0334. The molecule has 3 rings (SSSR count). The fraction of sp³-hybridized carbons (Fsp3) is 0.0833. The number of nitrogens with zero attached hydrogens (tertiary/aromatic N) is 2. The summed E-state index contributed by atoms with van der Waals surface area (Å²) in [6.45, 7) is 0. The van der Waals surface area contributed by atoms with Crippen molar-refractivity contribution in [3.8, 4) is 0 Å². The van der Waals surface area contributed by atoms with Gasteiger partial charge in [0.2, 0.25) is 0 Å². The van der Waals surface area contributed by atoms with E-state index < -0.39 is 5.91 Å². The fourth-order valence-electron chi connectivity index (χ4n) is 2.42. The van der Waals surface area contributed by atoms with Crippen LogP contribution in [0.5, 0.6) is 0 Å². The van der Waals surface area contributed by atoms with Crippen LogP contribution in [0.15, 0.2) is 6.07 Å². The summed E-state index contributed by atoms with van der Waals surface area (Å²) in [5.74, 6) is -0.511. The molecule has 2 aromatic rings. The monoisotopic (exact) mass is 290 g/mol. The van der Waals surface area contributed by atoms with Gasteiger partial charge in [0.25, 0.3) is 5.91 Å². The highest BCUT2D eigenvalue weighted by Crippen LogP contribution is 2.47. The predicted octanol–water partition coefficient (Wildman–Crippen LogP) is 0.927. The highest BCUT2D eigenvalue weighted by Gasteiger charge is 2.31. The van der Waals surface area contributed by atoms with Gasteiger partial charge in [0.15, 0.2) is 0 Å². The standard InChI is InChI=1S/C12H11ClN6O/c1-19-10-5-3(11(19)16)2-4(12(17)20)18-9(5)7(14)6(13)8(10)15/h2,16H,14-15H2,1H3,(H2,17,20). The lowest BCUT2D eigenvalue weighted by atomic mass is 10.1. The van der Waals surface area contributed by atoms with E-state index in [0.717, 1.165) is 0 Å². The molecule has 0 radical (unpaired) electrons. The van der Waals surface area contributed by atoms with Gasteiger partial charge in [-0.1, -0.05) is 11.6 Å². The van der Waals surface area contributed by atoms with E-state index in [1.165, 1.54) is 6.07 Å². The minimum atomic E-state index is -0.695. The van der Waals surface area contributed by atoms with E-state index in [4.69, 9.17) is 34.2 Å². The van der Waals surface area contributed by atoms with Gasteiger partial charge in [-0.25, -0.2) is 4.98 Å². The third-order valence-corrected chi connectivity index (χ3v) is 3.83. The Hall–Kier alpha value is -2.54. The number of amides is 1. The normalized spacial score (nSPS) is 13.3. The van der Waals surface area contributed by atoms with Crippen LogP contribution in [0.2, 0.25) is 5.02 Å². The SMILES string of the molecule is CN1C(=N)c2cc(C(N)=O)nc3c(N)c(Cl)c(N)c1c23. The van der Waals surface area contributed by atoms with E-state index in [1.807, 2.05) is 0 Å². The smallest absolute Gasteiger partial charge is 0.267 e. The quantitative estimate of drug-likeness (QED) is 0.579. The summed E-state index contributed by atoms with van der Waals surface area (Å²) in [7, 11) is 1.68. The molecule has 0 saturated carbocycles. The summed E-state index contributed by atoms with van der Waals surface area (Å²) < 4.78 is 0. The van der Waals surface area contributed by atoms with E-state index in [1.54, 1.807) is 11.9 Å². The zero-order valence-corrected chi connectivity index (χ0v) is 11.2. The van der Waals surface area contributed by atoms with Gasteiger partial charge in [-0.05, 0) is 6.07 Å². The number of halogens is 1. The van der Waals surface area contributed by atoms with E-state index >= 15 is 0 Å². The number of aromatic nitrogens is 1. The number of anilines is 3. The fourth-order valence-corrected chi connectivity index (χ4v) is 2.60. The van der Waals surface area contributed by atoms with Crippen LogP contribution in [0.25, 0.3) is 10.9 Å². The number of carbonyl (C=O) groups excluding carboxylic acids is 1. The number of nitrogens with one attached hydrogen (secondary N) is 1. The number of nitrogen functional groups attached to an aromatic ring is 2. The molecule has 0 fully saturated rings. The average Bonchev–Trinajstić information content (AvgIpc) is 2.67. The first-order valence-electron chi connectivity index (χ1n) is 5.68. The zero-order chi connectivity index (χ0) is 14.8. The van der Waals surface area contributed by atoms with Crippen molar-refractivity contribution in [3.63, 3.8) is 0 Å². The van der Waals surface area contributed by atoms with Gasteiger partial charge >= 0.3 is 0 Å². The van der Waals surface area contributed by atoms with E-state index in [2.05, 4.69) is 4.98 Å². The van der Waals surface area contributed by atoms with Crippen molar-refractivity contribution in [1.29, 1.82) is 5.41 Å². The number of rotatable bonds is 1. The second-order valence-corrected chi connectivity index (χ2v) is 4.92. The second-order valence-electron chi connectivity index (χ2n) is 4.54. The van der Waals surface area contributed by atoms with Gasteiger partial charge in [0.1, 0.15) is 11.5 Å². The highest BCUT2D eigenvalue weighted by molar-refractivity contribution is 6.41. The van der Waals surface area contributed by atoms with Crippen molar-refractivity contribution >= 4 is 51.3 Å². The van der Waals surface area contributed by atoms with Gasteiger partial charge in [-0.3, -0.25) is 10.2 Å². The largest absolute Gasteiger partial charge is 0.396 e. The maximum absolute atomic E-state index is 11.4. The zero-order valence-electron chi connectivity index (χ0n) is 10.5. The molecule has 0 atom stereocenters. The molecule has 7 nitrogen and oxygen atoms in total. The molecule has 2 heterocycles. The summed E-state index contributed by atoms with van der Waals surface area (Å²) in [6, 6.07) is 1.47. The van der Waals surface area contributed by atoms with Crippen LogP contribution < -0.4 is 22.1 Å². The average molecular weight is 291 g/mol. The lowest BCUT2D eigenvalue weighted by Gasteiger charge is -2.16. The number of carbonyl (C=O) groups is 1. The Balaban J connectivity index is 2.58. The molecule has 7 N–H and O–H groups in total. The van der Waals surface area contributed by atoms with E-state index in [0.29, 0.717) is 22.2 Å². The highest BCUT2D eigenvalue weighted by atomic mass is 35.5. The van der Waals surface area contributed by atoms with Gasteiger partial charge < -0.3 is 22.1 Å². The number of benzene rings is 1. The van der Waals surface area contributed by atoms with Crippen LogP contribution in [0, 0.1) is 5.41 Å². The Morgan fingerprint density at radius 1 is 1.40 bits per heavy atom. The molecule has 8 heteroatoms. The summed E-state index contributed by atoms with van der Waals surface area (Å²) >= 11 is 6.11. The topological polar surface area (TPSA) is 135 Å². The van der Waals surface area contributed by atoms with Gasteiger partial charge in [-0.2, -0.15) is 0 Å². The van der Waals surface area contributed by atoms with Crippen molar-refractivity contribution in [2.45, 2.75) is 0 Å². The lowest BCUT2D eigenvalue weighted by Crippen LogP contribution is -2.22. The molecule has 0 saturated heterocycles. The number of nitrogens with two attached hydrogens (primary N) is 3. The summed E-state index contributed by atoms with van der Waals surface area (Å²) in [5, 5.41) is 8.88. The predicted molar refractivity (Wildman–Crippen MR) is 79.3 cm³/mol. The molecule has 102 valence electrons. The Morgan fingerprint density at radius 2 is 2.05 bits per heavy atom. The first-order valence-corrected chi connectivity index (χ1v) is 6.06. The van der Waals surface area contributed by atoms with Crippen LogP contribution in [0.3, 0.4) is 0 Å². The molecular weight excluding hydrogens is 280 g/mol. The summed E-state index contributed by atoms with van der Waals surface area (Å²) in [6.07, 6.45) is 0. The molecule has 0 unspecified atom stereocenters. The molecule has 0 spiro atoms. The van der Waals surface area contributed by atoms with Crippen LogP contribution in [-0.4, -0.2) is 23.8 Å². The van der Waals surface area contributed by atoms with Crippen molar-refractivity contribution in [1.82, 2.24) is 4.98 Å². The molecule has 1 aliphatic heterocycles. The maximum atomic E-state index is 11.4. The van der Waals surface area contributed by atoms with Crippen LogP contribution in [0.4, 0.5) is 17.1 Å². The second kappa shape index (κ2) is 3.73. The lowest BCUT2D eigenvalue weighted by molar-refractivity contribution is 0.0996. The number of amidine groups is 1. The molecule has 0 bridgehead atoms. The Labute approximate surface area is 118 Å². The number of primary amides is 1. The van der Waals surface area contributed by atoms with Gasteiger partial charge in [0.05, 0.1) is 27.6 Å². The Morgan fingerprint density at radius 3 is 2.65 bits per heavy atom. The molecule has 1 aromatic carbocycles. The molecule has 20 heavy (non-hydrogen) atoms.